The molecule has 1 atom stereocenters. The molecule has 1 N–H and O–H groups in total. The zero-order valence-corrected chi connectivity index (χ0v) is 17.8. The lowest BCUT2D eigenvalue weighted by molar-refractivity contribution is 0.0602. The van der Waals surface area contributed by atoms with Crippen molar-refractivity contribution in [2.75, 3.05) is 12.8 Å². The number of aliphatic imine (C=N–C) groups is 1. The number of nitrogens with one attached hydrogen (secondary N) is 1. The Hall–Kier alpha value is -1.75. The number of carbonyl (C=O) groups is 1. The number of benzene rings is 1. The van der Waals surface area contributed by atoms with Crippen LogP contribution in [0.5, 0.6) is 0 Å². The van der Waals surface area contributed by atoms with E-state index in [1.807, 2.05) is 0 Å². The van der Waals surface area contributed by atoms with Gasteiger partial charge < -0.3 is 10.1 Å². The number of amides is 1. The minimum atomic E-state index is -3.94. The predicted molar refractivity (Wildman–Crippen MR) is 99.8 cm³/mol. The summed E-state index contributed by atoms with van der Waals surface area (Å²) in [6.07, 6.45) is -1.00. The fourth-order valence-electron chi connectivity index (χ4n) is 2.52. The molecule has 0 aliphatic carbocycles. The number of hydrogen-bond donors (Lipinski definition) is 1. The SMILES string of the molecule is CN1C(=NC(=O)OC(C)(C)C)N[C@](C)(c2cc(Br)c(F)cc2F)CS1(=O)=O. The van der Waals surface area contributed by atoms with Gasteiger partial charge in [0.1, 0.15) is 17.2 Å². The van der Waals surface area contributed by atoms with E-state index in [-0.39, 0.29) is 16.0 Å². The lowest BCUT2D eigenvalue weighted by atomic mass is 9.93. The van der Waals surface area contributed by atoms with Gasteiger partial charge in [0, 0.05) is 18.7 Å². The van der Waals surface area contributed by atoms with Crippen LogP contribution in [0.3, 0.4) is 0 Å². The second kappa shape index (κ2) is 7.01. The van der Waals surface area contributed by atoms with Gasteiger partial charge in [-0.25, -0.2) is 26.3 Å². The van der Waals surface area contributed by atoms with E-state index in [1.165, 1.54) is 14.0 Å². The monoisotopic (exact) mass is 467 g/mol. The highest BCUT2D eigenvalue weighted by Crippen LogP contribution is 2.32. The Morgan fingerprint density at radius 3 is 2.48 bits per heavy atom. The van der Waals surface area contributed by atoms with E-state index < -0.39 is 44.6 Å². The minimum absolute atomic E-state index is 0.0242. The van der Waals surface area contributed by atoms with Gasteiger partial charge in [-0.3, -0.25) is 0 Å². The van der Waals surface area contributed by atoms with Crippen LogP contribution in [-0.2, 0) is 20.3 Å². The number of sulfonamides is 1. The second-order valence-corrected chi connectivity index (χ2v) is 10.2. The normalized spacial score (nSPS) is 23.9. The Bertz CT molecular complexity index is 915. The standard InChI is InChI=1S/C16H20BrF2N3O4S/c1-15(2,3)26-14(23)20-13-21-16(4,8-27(24,25)22(13)5)9-6-10(17)12(19)7-11(9)18/h6-7H,8H2,1-5H3,(H,20,21,23)/t16-/m0/s1. The van der Waals surface area contributed by atoms with Crippen LogP contribution >= 0.6 is 15.9 Å². The zero-order valence-electron chi connectivity index (χ0n) is 15.4. The molecule has 1 aliphatic heterocycles. The third kappa shape index (κ3) is 4.75. The highest BCUT2D eigenvalue weighted by Gasteiger charge is 2.44. The van der Waals surface area contributed by atoms with Crippen molar-refractivity contribution < 1.29 is 26.7 Å². The summed E-state index contributed by atoms with van der Waals surface area (Å²) in [5.41, 5.74) is -2.42. The van der Waals surface area contributed by atoms with Crippen LogP contribution in [0, 0.1) is 11.6 Å². The molecular weight excluding hydrogens is 448 g/mol. The van der Waals surface area contributed by atoms with Crippen LogP contribution in [0.15, 0.2) is 21.6 Å². The van der Waals surface area contributed by atoms with Crippen molar-refractivity contribution in [1.29, 1.82) is 0 Å². The van der Waals surface area contributed by atoms with E-state index in [4.69, 9.17) is 4.74 Å². The average Bonchev–Trinajstić information content (AvgIpc) is 2.45. The Kier molecular flexibility index (Phi) is 5.59. The van der Waals surface area contributed by atoms with Crippen molar-refractivity contribution >= 4 is 38.0 Å². The molecule has 1 heterocycles. The number of halogens is 3. The van der Waals surface area contributed by atoms with Gasteiger partial charge >= 0.3 is 6.09 Å². The van der Waals surface area contributed by atoms with Crippen LogP contribution in [0.2, 0.25) is 0 Å². The summed E-state index contributed by atoms with van der Waals surface area (Å²) in [6, 6.07) is 1.81. The summed E-state index contributed by atoms with van der Waals surface area (Å²) in [4.78, 5) is 15.7. The van der Waals surface area contributed by atoms with E-state index in [1.54, 1.807) is 20.8 Å². The molecule has 1 saturated heterocycles. The maximum atomic E-state index is 14.4. The van der Waals surface area contributed by atoms with Crippen LogP contribution in [0.4, 0.5) is 13.6 Å². The third-order valence-corrected chi connectivity index (χ3v) is 6.33. The molecule has 27 heavy (non-hydrogen) atoms. The van der Waals surface area contributed by atoms with Gasteiger partial charge in [0.2, 0.25) is 16.0 Å². The Morgan fingerprint density at radius 1 is 1.33 bits per heavy atom. The number of rotatable bonds is 1. The average molecular weight is 468 g/mol. The Morgan fingerprint density at radius 2 is 1.93 bits per heavy atom. The van der Waals surface area contributed by atoms with Crippen molar-refractivity contribution in [1.82, 2.24) is 9.62 Å². The van der Waals surface area contributed by atoms with E-state index in [2.05, 4.69) is 26.2 Å². The summed E-state index contributed by atoms with van der Waals surface area (Å²) in [5.74, 6) is -2.60. The molecule has 7 nitrogen and oxygen atoms in total. The van der Waals surface area contributed by atoms with E-state index in [9.17, 15) is 22.0 Å². The third-order valence-electron chi connectivity index (χ3n) is 3.77. The molecule has 11 heteroatoms. The van der Waals surface area contributed by atoms with Gasteiger partial charge in [0.25, 0.3) is 0 Å². The number of nitrogens with zero attached hydrogens (tertiary/aromatic N) is 2. The summed E-state index contributed by atoms with van der Waals surface area (Å²) in [6.45, 7) is 6.32. The molecule has 0 bridgehead atoms. The van der Waals surface area contributed by atoms with Gasteiger partial charge in [-0.2, -0.15) is 0 Å². The van der Waals surface area contributed by atoms with E-state index in [0.29, 0.717) is 6.07 Å². The highest BCUT2D eigenvalue weighted by atomic mass is 79.9. The van der Waals surface area contributed by atoms with Crippen molar-refractivity contribution in [2.24, 2.45) is 4.99 Å². The van der Waals surface area contributed by atoms with Gasteiger partial charge in [0.15, 0.2) is 0 Å². The fraction of sp³-hybridized carbons (Fsp3) is 0.500. The van der Waals surface area contributed by atoms with E-state index in [0.717, 1.165) is 10.4 Å². The van der Waals surface area contributed by atoms with Crippen molar-refractivity contribution in [3.05, 3.63) is 33.8 Å². The smallest absolute Gasteiger partial charge is 0.437 e. The molecule has 1 aliphatic rings. The number of ether oxygens (including phenoxy) is 1. The molecule has 1 fully saturated rings. The first-order valence-electron chi connectivity index (χ1n) is 7.86. The minimum Gasteiger partial charge on any atom is -0.442 e. The van der Waals surface area contributed by atoms with Crippen LogP contribution in [0.1, 0.15) is 33.3 Å². The number of guanidine groups is 1. The molecule has 2 rings (SSSR count). The quantitative estimate of drug-likeness (QED) is 0.641. The van der Waals surface area contributed by atoms with Crippen LogP contribution < -0.4 is 5.32 Å². The van der Waals surface area contributed by atoms with E-state index >= 15 is 0 Å². The van der Waals surface area contributed by atoms with Crippen molar-refractivity contribution in [2.45, 2.75) is 38.8 Å². The second-order valence-electron chi connectivity index (χ2n) is 7.34. The molecule has 0 saturated carbocycles. The summed E-state index contributed by atoms with van der Waals surface area (Å²) in [5, 5.41) is 2.77. The first-order valence-corrected chi connectivity index (χ1v) is 10.3. The van der Waals surface area contributed by atoms with Crippen LogP contribution in [-0.4, -0.2) is 43.2 Å². The molecule has 1 aromatic rings. The topological polar surface area (TPSA) is 88.1 Å². The predicted octanol–water partition coefficient (Wildman–Crippen LogP) is 3.10. The Balaban J connectivity index is 2.51. The lowest BCUT2D eigenvalue weighted by Gasteiger charge is -2.40. The van der Waals surface area contributed by atoms with Gasteiger partial charge in [-0.15, -0.1) is 4.99 Å². The largest absolute Gasteiger partial charge is 0.442 e. The van der Waals surface area contributed by atoms with Crippen LogP contribution in [0.25, 0.3) is 0 Å². The first-order chi connectivity index (χ1) is 12.1. The van der Waals surface area contributed by atoms with Gasteiger partial charge in [-0.1, -0.05) is 0 Å². The maximum absolute atomic E-state index is 14.4. The van der Waals surface area contributed by atoms with Crippen molar-refractivity contribution in [3.63, 3.8) is 0 Å². The molecule has 150 valence electrons. The summed E-state index contributed by atoms with van der Waals surface area (Å²) >= 11 is 2.97. The zero-order chi connectivity index (χ0) is 20.8. The molecule has 1 amide bonds. The molecule has 0 spiro atoms. The molecule has 1 aromatic carbocycles. The fourth-order valence-corrected chi connectivity index (χ4v) is 4.36. The Labute approximate surface area is 165 Å². The highest BCUT2D eigenvalue weighted by molar-refractivity contribution is 9.10. The maximum Gasteiger partial charge on any atom is 0.437 e. The number of carbonyl (C=O) groups excluding carboxylic acids is 1. The lowest BCUT2D eigenvalue weighted by Crippen LogP contribution is -2.61. The first kappa shape index (κ1) is 21.5. The number of hydrogen-bond acceptors (Lipinski definition) is 4. The van der Waals surface area contributed by atoms with Crippen molar-refractivity contribution in [3.8, 4) is 0 Å². The molecular formula is C16H20BrF2N3O4S. The molecule has 0 aromatic heterocycles. The summed E-state index contributed by atoms with van der Waals surface area (Å²) < 4.78 is 58.9. The van der Waals surface area contributed by atoms with Gasteiger partial charge in [0.05, 0.1) is 15.8 Å². The molecule has 0 radical (unpaired) electrons. The summed E-state index contributed by atoms with van der Waals surface area (Å²) in [7, 11) is -2.73. The molecule has 0 unspecified atom stereocenters. The van der Waals surface area contributed by atoms with Gasteiger partial charge in [-0.05, 0) is 49.7 Å².